The van der Waals surface area contributed by atoms with E-state index in [9.17, 15) is 4.79 Å². The number of pyridine rings is 1. The number of carbonyl (C=O) groups is 1. The highest BCUT2D eigenvalue weighted by atomic mass is 16.5. The largest absolute Gasteiger partial charge is 0.473 e. The van der Waals surface area contributed by atoms with Crippen molar-refractivity contribution in [2.24, 2.45) is 0 Å². The lowest BCUT2D eigenvalue weighted by Gasteiger charge is -2.14. The zero-order valence-corrected chi connectivity index (χ0v) is 10.7. The second kappa shape index (κ2) is 6.20. The van der Waals surface area contributed by atoms with Crippen LogP contribution in [0.3, 0.4) is 0 Å². The van der Waals surface area contributed by atoms with Crippen molar-refractivity contribution in [3.63, 3.8) is 0 Å². The van der Waals surface area contributed by atoms with E-state index >= 15 is 0 Å². The molecule has 0 saturated carbocycles. The Morgan fingerprint density at radius 1 is 1.53 bits per heavy atom. The predicted molar refractivity (Wildman–Crippen MR) is 66.3 cm³/mol. The summed E-state index contributed by atoms with van der Waals surface area (Å²) in [6, 6.07) is 3.43. The topological polar surface area (TPSA) is 54.5 Å². The van der Waals surface area contributed by atoms with Gasteiger partial charge in [-0.05, 0) is 20.0 Å². The van der Waals surface area contributed by atoms with Crippen molar-refractivity contribution in [3.8, 4) is 5.88 Å². The molecule has 17 heavy (non-hydrogen) atoms. The van der Waals surface area contributed by atoms with E-state index in [1.54, 1.807) is 26.2 Å². The van der Waals surface area contributed by atoms with E-state index in [0.29, 0.717) is 11.4 Å². The molecular weight excluding hydrogens is 218 g/mol. The minimum Gasteiger partial charge on any atom is -0.473 e. The maximum absolute atomic E-state index is 11.6. The normalized spacial score (nSPS) is 12.0. The zero-order chi connectivity index (χ0) is 12.8. The van der Waals surface area contributed by atoms with Crippen molar-refractivity contribution < 1.29 is 9.53 Å². The van der Waals surface area contributed by atoms with Crippen LogP contribution < -0.4 is 10.1 Å². The Morgan fingerprint density at radius 3 is 2.71 bits per heavy atom. The van der Waals surface area contributed by atoms with Crippen LogP contribution in [0.1, 0.15) is 17.3 Å². The van der Waals surface area contributed by atoms with Crippen LogP contribution in [0.4, 0.5) is 0 Å². The highest BCUT2D eigenvalue weighted by Crippen LogP contribution is 2.10. The van der Waals surface area contributed by atoms with Gasteiger partial charge in [-0.25, -0.2) is 4.98 Å². The minimum absolute atomic E-state index is 0.0444. The van der Waals surface area contributed by atoms with Gasteiger partial charge in [0.05, 0.1) is 5.56 Å². The van der Waals surface area contributed by atoms with E-state index < -0.39 is 0 Å². The molecule has 0 radical (unpaired) electrons. The molecule has 0 fully saturated rings. The molecule has 1 aromatic heterocycles. The monoisotopic (exact) mass is 237 g/mol. The summed E-state index contributed by atoms with van der Waals surface area (Å²) in [7, 11) is 5.29. The Morgan fingerprint density at radius 2 is 2.24 bits per heavy atom. The van der Waals surface area contributed by atoms with Crippen molar-refractivity contribution in [1.29, 1.82) is 0 Å². The van der Waals surface area contributed by atoms with Crippen molar-refractivity contribution in [2.45, 2.75) is 13.0 Å². The van der Waals surface area contributed by atoms with Gasteiger partial charge in [-0.3, -0.25) is 4.79 Å². The highest BCUT2D eigenvalue weighted by molar-refractivity contribution is 5.93. The number of aromatic nitrogens is 1. The minimum atomic E-state index is -0.0627. The summed E-state index contributed by atoms with van der Waals surface area (Å²) >= 11 is 0. The van der Waals surface area contributed by atoms with Crippen molar-refractivity contribution in [1.82, 2.24) is 15.2 Å². The Bertz CT molecular complexity index is 363. The fourth-order valence-corrected chi connectivity index (χ4v) is 1.37. The van der Waals surface area contributed by atoms with Gasteiger partial charge in [0.2, 0.25) is 5.88 Å². The summed E-state index contributed by atoms with van der Waals surface area (Å²) in [4.78, 5) is 17.2. The average Bonchev–Trinajstić information content (AvgIpc) is 2.29. The third-order valence-electron chi connectivity index (χ3n) is 2.20. The molecule has 1 rings (SSSR count). The van der Waals surface area contributed by atoms with Crippen LogP contribution in [-0.4, -0.2) is 49.6 Å². The molecule has 0 aromatic carbocycles. The summed E-state index contributed by atoms with van der Waals surface area (Å²) in [6.07, 6.45) is 1.58. The number of rotatable bonds is 5. The lowest BCUT2D eigenvalue weighted by atomic mass is 10.2. The van der Waals surface area contributed by atoms with Crippen LogP contribution in [0.25, 0.3) is 0 Å². The number of nitrogens with one attached hydrogen (secondary N) is 1. The summed E-state index contributed by atoms with van der Waals surface area (Å²) in [5.74, 6) is 0.468. The van der Waals surface area contributed by atoms with Crippen LogP contribution in [-0.2, 0) is 0 Å². The van der Waals surface area contributed by atoms with E-state index in [0.717, 1.165) is 6.54 Å². The molecule has 1 N–H and O–H groups in total. The molecular formula is C12H19N3O2. The van der Waals surface area contributed by atoms with E-state index in [1.807, 2.05) is 14.0 Å². The number of nitrogens with zero attached hydrogens (tertiary/aromatic N) is 2. The maximum atomic E-state index is 11.6. The molecule has 5 nitrogen and oxygen atoms in total. The van der Waals surface area contributed by atoms with Crippen molar-refractivity contribution >= 4 is 5.91 Å². The van der Waals surface area contributed by atoms with E-state index in [-0.39, 0.29) is 12.0 Å². The first-order chi connectivity index (χ1) is 8.04. The molecule has 1 amide bonds. The zero-order valence-electron chi connectivity index (χ0n) is 10.7. The second-order valence-electron chi connectivity index (χ2n) is 4.07. The SMILES string of the molecule is CNCC(C)Oc1ccc(C(=O)N(C)C)cn1. The van der Waals surface area contributed by atoms with Crippen molar-refractivity contribution in [3.05, 3.63) is 23.9 Å². The number of hydrogen-bond donors (Lipinski definition) is 1. The van der Waals surface area contributed by atoms with Crippen LogP contribution in [0, 0.1) is 0 Å². The Balaban J connectivity index is 2.65. The number of ether oxygens (including phenoxy) is 1. The summed E-state index contributed by atoms with van der Waals surface area (Å²) in [5.41, 5.74) is 0.559. The number of hydrogen-bond acceptors (Lipinski definition) is 4. The van der Waals surface area contributed by atoms with E-state index in [1.165, 1.54) is 11.1 Å². The second-order valence-corrected chi connectivity index (χ2v) is 4.07. The molecule has 1 atom stereocenters. The first-order valence-corrected chi connectivity index (χ1v) is 5.53. The smallest absolute Gasteiger partial charge is 0.254 e. The standard InChI is InChI=1S/C12H19N3O2/c1-9(7-13-2)17-11-6-5-10(8-14-11)12(16)15(3)4/h5-6,8-9,13H,7H2,1-4H3. The molecule has 0 saturated heterocycles. The Hall–Kier alpha value is -1.62. The quantitative estimate of drug-likeness (QED) is 0.822. The molecule has 0 aliphatic carbocycles. The molecule has 5 heteroatoms. The molecule has 1 unspecified atom stereocenters. The van der Waals surface area contributed by atoms with Gasteiger partial charge < -0.3 is 15.0 Å². The van der Waals surface area contributed by atoms with Gasteiger partial charge in [0.1, 0.15) is 6.10 Å². The maximum Gasteiger partial charge on any atom is 0.254 e. The predicted octanol–water partition coefficient (Wildman–Crippen LogP) is 0.770. The molecule has 94 valence electrons. The third kappa shape index (κ3) is 4.03. The Labute approximate surface area is 102 Å². The number of amides is 1. The first kappa shape index (κ1) is 13.4. The van der Waals surface area contributed by atoms with Crippen LogP contribution in [0.15, 0.2) is 18.3 Å². The molecule has 1 heterocycles. The van der Waals surface area contributed by atoms with Gasteiger partial charge in [0, 0.05) is 32.9 Å². The summed E-state index contributed by atoms with van der Waals surface area (Å²) in [5, 5.41) is 3.02. The highest BCUT2D eigenvalue weighted by Gasteiger charge is 2.09. The van der Waals surface area contributed by atoms with E-state index in [2.05, 4.69) is 10.3 Å². The van der Waals surface area contributed by atoms with Crippen LogP contribution in [0.5, 0.6) is 5.88 Å². The Kier molecular flexibility index (Phi) is 4.90. The fourth-order valence-electron chi connectivity index (χ4n) is 1.37. The molecule has 0 aliphatic rings. The average molecular weight is 237 g/mol. The lowest BCUT2D eigenvalue weighted by Crippen LogP contribution is -2.26. The van der Waals surface area contributed by atoms with Gasteiger partial charge in [-0.15, -0.1) is 0 Å². The molecule has 0 bridgehead atoms. The summed E-state index contributed by atoms with van der Waals surface area (Å²) < 4.78 is 5.55. The molecule has 0 aliphatic heterocycles. The first-order valence-electron chi connectivity index (χ1n) is 5.53. The molecule has 1 aromatic rings. The van der Waals surface area contributed by atoms with Crippen LogP contribution in [0.2, 0.25) is 0 Å². The fraction of sp³-hybridized carbons (Fsp3) is 0.500. The summed E-state index contributed by atoms with van der Waals surface area (Å²) in [6.45, 7) is 2.71. The number of carbonyl (C=O) groups excluding carboxylic acids is 1. The van der Waals surface area contributed by atoms with Gasteiger partial charge in [-0.1, -0.05) is 0 Å². The van der Waals surface area contributed by atoms with Crippen LogP contribution >= 0.6 is 0 Å². The van der Waals surface area contributed by atoms with Gasteiger partial charge in [0.15, 0.2) is 0 Å². The third-order valence-corrected chi connectivity index (χ3v) is 2.20. The molecule has 0 spiro atoms. The van der Waals surface area contributed by atoms with Gasteiger partial charge in [0.25, 0.3) is 5.91 Å². The number of likely N-dealkylation sites (N-methyl/N-ethyl adjacent to an activating group) is 1. The lowest BCUT2D eigenvalue weighted by molar-refractivity contribution is 0.0827. The van der Waals surface area contributed by atoms with Crippen molar-refractivity contribution in [2.75, 3.05) is 27.7 Å². The van der Waals surface area contributed by atoms with Gasteiger partial charge in [-0.2, -0.15) is 0 Å². The van der Waals surface area contributed by atoms with Gasteiger partial charge >= 0.3 is 0 Å². The van der Waals surface area contributed by atoms with E-state index in [4.69, 9.17) is 4.74 Å².